The van der Waals surface area contributed by atoms with Crippen LogP contribution in [0.3, 0.4) is 0 Å². The number of allylic oxidation sites excluding steroid dienone is 3. The molecular weight excluding hydrogens is 464 g/mol. The summed E-state index contributed by atoms with van der Waals surface area (Å²) in [5, 5.41) is 31.2. The molecule has 0 aliphatic rings. The minimum atomic E-state index is -0.579. The molecule has 0 unspecified atom stereocenters. The first-order valence-electron chi connectivity index (χ1n) is 10.2. The van der Waals surface area contributed by atoms with E-state index in [2.05, 4.69) is 0 Å². The summed E-state index contributed by atoms with van der Waals surface area (Å²) in [7, 11) is 0. The number of rotatable bonds is 3. The fourth-order valence-electron chi connectivity index (χ4n) is 1.49. The van der Waals surface area contributed by atoms with Gasteiger partial charge in [0, 0.05) is 18.2 Å². The van der Waals surface area contributed by atoms with Crippen LogP contribution in [0.2, 0.25) is 0 Å². The molecule has 0 radical (unpaired) electrons. The van der Waals surface area contributed by atoms with Gasteiger partial charge in [-0.3, -0.25) is 0 Å². The summed E-state index contributed by atoms with van der Waals surface area (Å²) in [4.78, 5) is 32.3. The van der Waals surface area contributed by atoms with Crippen molar-refractivity contribution in [2.24, 2.45) is 0 Å². The Labute approximate surface area is 238 Å². The van der Waals surface area contributed by atoms with Crippen molar-refractivity contribution < 1.29 is 62.8 Å². The Kier molecular flexibility index (Phi) is 24.3. The van der Waals surface area contributed by atoms with Crippen molar-refractivity contribution in [3.05, 3.63) is 35.5 Å². The summed E-state index contributed by atoms with van der Waals surface area (Å²) < 4.78 is 14.5. The first-order chi connectivity index (χ1) is 14.4. The number of esters is 3. The summed E-state index contributed by atoms with van der Waals surface area (Å²) in [5.41, 5.74) is -1.57. The summed E-state index contributed by atoms with van der Waals surface area (Å²) in [6.45, 7) is 19.7. The zero-order valence-corrected chi connectivity index (χ0v) is 25.0. The second kappa shape index (κ2) is 19.6. The Hall–Kier alpha value is -1.61. The van der Waals surface area contributed by atoms with Crippen molar-refractivity contribution >= 4 is 41.0 Å². The van der Waals surface area contributed by atoms with Crippen molar-refractivity contribution in [1.82, 2.24) is 0 Å². The molecule has 0 rings (SSSR count). The minimum absolute atomic E-state index is 0. The fraction of sp³-hybridized carbons (Fsp3) is 0.625. The van der Waals surface area contributed by atoms with Crippen molar-refractivity contribution in [2.75, 3.05) is 0 Å². The van der Waals surface area contributed by atoms with Crippen LogP contribution < -0.4 is 34.2 Å². The maximum absolute atomic E-state index is 10.8. The number of hydrogen-bond donors (Lipinski definition) is 0. The van der Waals surface area contributed by atoms with E-state index in [1.807, 2.05) is 0 Å². The molecule has 0 N–H and O–H groups in total. The van der Waals surface area contributed by atoms with Gasteiger partial charge in [0.2, 0.25) is 0 Å². The fourth-order valence-corrected chi connectivity index (χ4v) is 1.49. The number of ether oxygens (including phenoxy) is 3. The SMILES string of the molecule is C/C([O-])=C/C(=O)OC(C)(C)C.C/C([O-])=C/C(=O)OC(C)(C)C.C/C([O-])=C/C(=O)OC(C)(C)C.[Li+].[Mg+2]. The van der Waals surface area contributed by atoms with Gasteiger partial charge < -0.3 is 29.5 Å². The smallest absolute Gasteiger partial charge is 0.875 e. The third-order valence-corrected chi connectivity index (χ3v) is 2.18. The van der Waals surface area contributed by atoms with Crippen LogP contribution in [0.25, 0.3) is 0 Å². The zero-order chi connectivity index (χ0) is 27.2. The Morgan fingerprint density at radius 1 is 0.514 bits per heavy atom. The Morgan fingerprint density at radius 2 is 0.657 bits per heavy atom. The molecule has 9 nitrogen and oxygen atoms in total. The molecular formula is C24H39LiMgO9. The molecule has 0 amide bonds. The van der Waals surface area contributed by atoms with Gasteiger partial charge >= 0.3 is 59.8 Å². The maximum atomic E-state index is 10.8. The molecule has 0 heterocycles. The zero-order valence-electron chi connectivity index (χ0n) is 23.6. The molecule has 11 heteroatoms. The molecule has 0 saturated carbocycles. The average molecular weight is 503 g/mol. The molecule has 35 heavy (non-hydrogen) atoms. The second-order valence-electron chi connectivity index (χ2n) is 9.87. The van der Waals surface area contributed by atoms with Gasteiger partial charge in [-0.1, -0.05) is 20.8 Å². The maximum Gasteiger partial charge on any atom is 2.00 e. The minimum Gasteiger partial charge on any atom is -0.875 e. The molecule has 0 atom stereocenters. The van der Waals surface area contributed by atoms with Gasteiger partial charge in [0.1, 0.15) is 16.8 Å². The van der Waals surface area contributed by atoms with Crippen LogP contribution in [-0.2, 0) is 28.6 Å². The topological polar surface area (TPSA) is 148 Å². The quantitative estimate of drug-likeness (QED) is 0.146. The third-order valence-electron chi connectivity index (χ3n) is 2.18. The van der Waals surface area contributed by atoms with Gasteiger partial charge in [-0.15, -0.1) is 17.3 Å². The van der Waals surface area contributed by atoms with Gasteiger partial charge in [0.25, 0.3) is 0 Å². The summed E-state index contributed by atoms with van der Waals surface area (Å²) >= 11 is 0. The van der Waals surface area contributed by atoms with E-state index in [0.29, 0.717) is 0 Å². The molecule has 0 aromatic rings. The van der Waals surface area contributed by atoms with Crippen LogP contribution in [-0.4, -0.2) is 57.8 Å². The summed E-state index contributed by atoms with van der Waals surface area (Å²) in [5.74, 6) is -2.61. The number of carbonyl (C=O) groups excluding carboxylic acids is 3. The predicted octanol–water partition coefficient (Wildman–Crippen LogP) is -1.60. The molecule has 0 fully saturated rings. The van der Waals surface area contributed by atoms with Crippen LogP contribution in [0.5, 0.6) is 0 Å². The van der Waals surface area contributed by atoms with Crippen molar-refractivity contribution in [1.29, 1.82) is 0 Å². The first kappa shape index (κ1) is 43.5. The van der Waals surface area contributed by atoms with E-state index in [1.54, 1.807) is 62.3 Å². The molecule has 0 bridgehead atoms. The van der Waals surface area contributed by atoms with Crippen LogP contribution in [0.4, 0.5) is 0 Å². The van der Waals surface area contributed by atoms with Gasteiger partial charge in [0.05, 0.1) is 0 Å². The van der Waals surface area contributed by atoms with Gasteiger partial charge in [0.15, 0.2) is 0 Å². The molecule has 192 valence electrons. The molecule has 0 aliphatic carbocycles. The molecule has 0 aromatic heterocycles. The van der Waals surface area contributed by atoms with E-state index < -0.39 is 34.7 Å². The molecule has 0 spiro atoms. The largest absolute Gasteiger partial charge is 2.00 e. The van der Waals surface area contributed by atoms with Crippen molar-refractivity contribution in [2.45, 2.75) is 99.9 Å². The van der Waals surface area contributed by atoms with Crippen molar-refractivity contribution in [3.8, 4) is 0 Å². The van der Waals surface area contributed by atoms with E-state index >= 15 is 0 Å². The molecule has 0 aromatic carbocycles. The van der Waals surface area contributed by atoms with Crippen LogP contribution in [0, 0.1) is 0 Å². The second-order valence-corrected chi connectivity index (χ2v) is 9.87. The monoisotopic (exact) mass is 502 g/mol. The van der Waals surface area contributed by atoms with E-state index in [1.165, 1.54) is 20.8 Å². The first-order valence-corrected chi connectivity index (χ1v) is 10.2. The summed E-state index contributed by atoms with van der Waals surface area (Å²) in [6.07, 6.45) is 2.81. The van der Waals surface area contributed by atoms with Crippen molar-refractivity contribution in [3.63, 3.8) is 0 Å². The van der Waals surface area contributed by atoms with Crippen LogP contribution >= 0.6 is 0 Å². The Morgan fingerprint density at radius 3 is 0.743 bits per heavy atom. The summed E-state index contributed by atoms with van der Waals surface area (Å²) in [6, 6.07) is 0. The predicted molar refractivity (Wildman–Crippen MR) is 125 cm³/mol. The van der Waals surface area contributed by atoms with E-state index in [0.717, 1.165) is 18.2 Å². The van der Waals surface area contributed by atoms with Crippen LogP contribution in [0.15, 0.2) is 35.5 Å². The van der Waals surface area contributed by atoms with Crippen LogP contribution in [0.1, 0.15) is 83.1 Å². The van der Waals surface area contributed by atoms with E-state index in [9.17, 15) is 29.7 Å². The Bertz CT molecular complexity index is 624. The normalized spacial score (nSPS) is 12.2. The molecule has 0 saturated heterocycles. The average Bonchev–Trinajstić information content (AvgIpc) is 2.38. The van der Waals surface area contributed by atoms with Gasteiger partial charge in [-0.25, -0.2) is 14.4 Å². The molecule has 0 aliphatic heterocycles. The number of carbonyl (C=O) groups is 3. The standard InChI is InChI=1S/3C8H14O3.Li.Mg/c3*1-6(9)5-7(10)11-8(2,3)4;;/h3*5,9H,1-4H3;;/q;;;+1;+2/p-3/b3*6-5-;;. The third kappa shape index (κ3) is 46.4. The number of hydrogen-bond acceptors (Lipinski definition) is 9. The Balaban J connectivity index is -0.000000125. The van der Waals surface area contributed by atoms with Gasteiger partial charge in [-0.05, 0) is 62.3 Å². The van der Waals surface area contributed by atoms with Gasteiger partial charge in [-0.2, -0.15) is 0 Å². The van der Waals surface area contributed by atoms with E-state index in [4.69, 9.17) is 14.2 Å². The van der Waals surface area contributed by atoms with E-state index in [-0.39, 0.29) is 59.2 Å².